The summed E-state index contributed by atoms with van der Waals surface area (Å²) in [5, 5.41) is 0. The molecule has 0 aliphatic carbocycles. The van der Waals surface area contributed by atoms with Crippen LogP contribution in [0.1, 0.15) is 109 Å². The Morgan fingerprint density at radius 3 is 0.603 bits per heavy atom. The molecule has 0 N–H and O–H groups in total. The molecular formula is C57H57N. The molecule has 0 spiro atoms. The third-order valence-corrected chi connectivity index (χ3v) is 10.3. The molecule has 0 radical (unpaired) electrons. The van der Waals surface area contributed by atoms with E-state index in [2.05, 4.69) is 265 Å². The number of allylic oxidation sites excluding steroid dienone is 6. The molecule has 0 aromatic heterocycles. The number of hydrogen-bond donors (Lipinski definition) is 0. The van der Waals surface area contributed by atoms with Crippen LogP contribution in [0.4, 0.5) is 17.1 Å². The summed E-state index contributed by atoms with van der Waals surface area (Å²) in [6.07, 6.45) is 25.6. The van der Waals surface area contributed by atoms with Crippen molar-refractivity contribution >= 4 is 53.5 Å². The van der Waals surface area contributed by atoms with E-state index in [1.54, 1.807) is 0 Å². The molecule has 0 saturated heterocycles. The van der Waals surface area contributed by atoms with E-state index in [-0.39, 0.29) is 0 Å². The van der Waals surface area contributed by atoms with Crippen molar-refractivity contribution in [2.75, 3.05) is 4.90 Å². The first-order valence-electron chi connectivity index (χ1n) is 20.7. The fraction of sp³-hybridized carbons (Fsp3) is 0.158. The van der Waals surface area contributed by atoms with Gasteiger partial charge < -0.3 is 4.90 Å². The molecule has 6 rings (SSSR count). The Morgan fingerprint density at radius 2 is 0.431 bits per heavy atom. The van der Waals surface area contributed by atoms with Gasteiger partial charge in [-0.25, -0.2) is 0 Å². The molecule has 1 heteroatoms. The standard InChI is InChI=1S/C57H57N/c1-43(2)52-31-19-46(20-32-52)13-7-10-16-49-25-37-55(38-26-49)58(56-39-27-50(28-40-56)17-11-8-14-47-21-33-53(34-22-47)44(3)4)57-41-29-51(30-42-57)18-12-9-15-48-23-35-54(36-24-48)45(5)6/h7-45H,1-6H3/b13-7+,14-8+,15-9+,16-10+,17-11+,18-12+. The highest BCUT2D eigenvalue weighted by molar-refractivity contribution is 5.78. The zero-order chi connectivity index (χ0) is 40.7. The van der Waals surface area contributed by atoms with Crippen LogP contribution in [0.15, 0.2) is 182 Å². The van der Waals surface area contributed by atoms with Crippen molar-refractivity contribution in [1.29, 1.82) is 0 Å². The first-order valence-corrected chi connectivity index (χ1v) is 20.7. The predicted molar refractivity (Wildman–Crippen MR) is 257 cm³/mol. The molecule has 0 unspecified atom stereocenters. The lowest BCUT2D eigenvalue weighted by Gasteiger charge is -2.26. The Morgan fingerprint density at radius 1 is 0.259 bits per heavy atom. The fourth-order valence-corrected chi connectivity index (χ4v) is 6.63. The van der Waals surface area contributed by atoms with Crippen molar-refractivity contribution in [3.05, 3.63) is 232 Å². The van der Waals surface area contributed by atoms with Crippen molar-refractivity contribution in [1.82, 2.24) is 0 Å². The Bertz CT molecular complexity index is 2070. The van der Waals surface area contributed by atoms with Gasteiger partial charge in [0.1, 0.15) is 0 Å². The lowest BCUT2D eigenvalue weighted by atomic mass is 10.0. The summed E-state index contributed by atoms with van der Waals surface area (Å²) in [5.74, 6) is 1.62. The number of benzene rings is 6. The minimum atomic E-state index is 0.540. The molecule has 0 atom stereocenters. The molecule has 0 aliphatic rings. The second-order valence-electron chi connectivity index (χ2n) is 15.7. The Labute approximate surface area is 348 Å². The van der Waals surface area contributed by atoms with Gasteiger partial charge in [0, 0.05) is 17.1 Å². The van der Waals surface area contributed by atoms with Gasteiger partial charge in [-0.05, 0) is 104 Å². The van der Waals surface area contributed by atoms with Gasteiger partial charge in [-0.15, -0.1) is 0 Å². The quantitative estimate of drug-likeness (QED) is 0.0944. The van der Waals surface area contributed by atoms with E-state index in [1.165, 1.54) is 33.4 Å². The Kier molecular flexibility index (Phi) is 14.7. The van der Waals surface area contributed by atoms with Crippen LogP contribution in [0.5, 0.6) is 0 Å². The second kappa shape index (κ2) is 20.6. The number of rotatable bonds is 15. The van der Waals surface area contributed by atoms with E-state index in [0.29, 0.717) is 17.8 Å². The van der Waals surface area contributed by atoms with Crippen LogP contribution >= 0.6 is 0 Å². The van der Waals surface area contributed by atoms with Crippen molar-refractivity contribution in [3.8, 4) is 0 Å². The van der Waals surface area contributed by atoms with Crippen molar-refractivity contribution in [3.63, 3.8) is 0 Å². The average Bonchev–Trinajstić information content (AvgIpc) is 3.25. The van der Waals surface area contributed by atoms with Gasteiger partial charge in [0.25, 0.3) is 0 Å². The summed E-state index contributed by atoms with van der Waals surface area (Å²) in [6, 6.07) is 52.7. The maximum Gasteiger partial charge on any atom is 0.0462 e. The largest absolute Gasteiger partial charge is 0.311 e. The molecular weight excluding hydrogens is 699 g/mol. The first kappa shape index (κ1) is 41.2. The summed E-state index contributed by atoms with van der Waals surface area (Å²) in [6.45, 7) is 13.4. The fourth-order valence-electron chi connectivity index (χ4n) is 6.63. The van der Waals surface area contributed by atoms with Crippen LogP contribution in [0, 0.1) is 0 Å². The minimum absolute atomic E-state index is 0.540. The minimum Gasteiger partial charge on any atom is -0.311 e. The zero-order valence-electron chi connectivity index (χ0n) is 35.0. The van der Waals surface area contributed by atoms with Gasteiger partial charge in [-0.3, -0.25) is 0 Å². The van der Waals surface area contributed by atoms with E-state index in [1.807, 2.05) is 0 Å². The number of nitrogens with zero attached hydrogens (tertiary/aromatic N) is 1. The highest BCUT2D eigenvalue weighted by atomic mass is 15.1. The van der Waals surface area contributed by atoms with Crippen LogP contribution in [0.25, 0.3) is 36.5 Å². The molecule has 0 aliphatic heterocycles. The van der Waals surface area contributed by atoms with Gasteiger partial charge in [0.2, 0.25) is 0 Å². The second-order valence-corrected chi connectivity index (χ2v) is 15.7. The predicted octanol–water partition coefficient (Wildman–Crippen LogP) is 16.7. The van der Waals surface area contributed by atoms with Gasteiger partial charge in [-0.2, -0.15) is 0 Å². The molecule has 6 aromatic rings. The summed E-state index contributed by atoms with van der Waals surface area (Å²) in [4.78, 5) is 2.32. The third-order valence-electron chi connectivity index (χ3n) is 10.3. The molecule has 0 amide bonds. The Balaban J connectivity index is 1.17. The summed E-state index contributed by atoms with van der Waals surface area (Å²) in [7, 11) is 0. The topological polar surface area (TPSA) is 3.24 Å². The van der Waals surface area contributed by atoms with Crippen LogP contribution in [-0.4, -0.2) is 0 Å². The number of anilines is 3. The van der Waals surface area contributed by atoms with E-state index in [9.17, 15) is 0 Å². The molecule has 0 bridgehead atoms. The summed E-state index contributed by atoms with van der Waals surface area (Å²) >= 11 is 0. The highest BCUT2D eigenvalue weighted by Gasteiger charge is 2.12. The normalized spacial score (nSPS) is 12.4. The lowest BCUT2D eigenvalue weighted by Crippen LogP contribution is -2.09. The van der Waals surface area contributed by atoms with Gasteiger partial charge in [-0.1, -0.05) is 224 Å². The van der Waals surface area contributed by atoms with Crippen molar-refractivity contribution in [2.45, 2.75) is 59.3 Å². The van der Waals surface area contributed by atoms with E-state index >= 15 is 0 Å². The van der Waals surface area contributed by atoms with Crippen LogP contribution in [0.3, 0.4) is 0 Å². The molecule has 0 heterocycles. The lowest BCUT2D eigenvalue weighted by molar-refractivity contribution is 0.866. The van der Waals surface area contributed by atoms with E-state index in [0.717, 1.165) is 33.8 Å². The maximum atomic E-state index is 2.32. The van der Waals surface area contributed by atoms with Crippen molar-refractivity contribution in [2.24, 2.45) is 0 Å². The van der Waals surface area contributed by atoms with Crippen LogP contribution < -0.4 is 4.90 Å². The molecule has 58 heavy (non-hydrogen) atoms. The molecule has 0 saturated carbocycles. The van der Waals surface area contributed by atoms with Crippen LogP contribution in [0.2, 0.25) is 0 Å². The van der Waals surface area contributed by atoms with E-state index in [4.69, 9.17) is 0 Å². The summed E-state index contributed by atoms with van der Waals surface area (Å²) < 4.78 is 0. The molecule has 290 valence electrons. The summed E-state index contributed by atoms with van der Waals surface area (Å²) in [5.41, 5.74) is 14.4. The molecule has 0 fully saturated rings. The highest BCUT2D eigenvalue weighted by Crippen LogP contribution is 2.35. The van der Waals surface area contributed by atoms with Crippen molar-refractivity contribution < 1.29 is 0 Å². The van der Waals surface area contributed by atoms with Crippen LogP contribution in [-0.2, 0) is 0 Å². The van der Waals surface area contributed by atoms with Gasteiger partial charge in [0.15, 0.2) is 0 Å². The third kappa shape index (κ3) is 12.0. The number of hydrogen-bond acceptors (Lipinski definition) is 1. The molecule has 6 aromatic carbocycles. The SMILES string of the molecule is CC(C)c1ccc(/C=C/C=C/c2ccc(N(c3ccc(/C=C/C=C/c4ccc(C(C)C)cc4)cc3)c3ccc(/C=C/C=C/c4ccc(C(C)C)cc4)cc3)cc2)cc1. The Hall–Kier alpha value is -6.44. The maximum absolute atomic E-state index is 2.32. The van der Waals surface area contributed by atoms with E-state index < -0.39 is 0 Å². The van der Waals surface area contributed by atoms with Gasteiger partial charge >= 0.3 is 0 Å². The molecule has 1 nitrogen and oxygen atoms in total. The zero-order valence-corrected chi connectivity index (χ0v) is 35.0. The average molecular weight is 756 g/mol. The van der Waals surface area contributed by atoms with Gasteiger partial charge in [0.05, 0.1) is 0 Å². The monoisotopic (exact) mass is 755 g/mol. The first-order chi connectivity index (χ1) is 28.2. The smallest absolute Gasteiger partial charge is 0.0462 e.